The van der Waals surface area contributed by atoms with Crippen LogP contribution in [0.25, 0.3) is 0 Å². The Morgan fingerprint density at radius 2 is 1.44 bits per heavy atom. The number of nitrogens with one attached hydrogen (secondary N) is 1. The maximum absolute atomic E-state index is 12.9. The number of aromatic nitrogens is 1. The van der Waals surface area contributed by atoms with Crippen LogP contribution < -0.4 is 5.32 Å². The van der Waals surface area contributed by atoms with Crippen LogP contribution in [-0.2, 0) is 0 Å². The maximum Gasteiger partial charge on any atom is 0.269 e. The molecular weight excluding hydrogens is 331 g/mol. The fourth-order valence-electron chi connectivity index (χ4n) is 4.69. The molecule has 0 spiro atoms. The van der Waals surface area contributed by atoms with E-state index in [0.717, 1.165) is 31.4 Å². The highest BCUT2D eigenvalue weighted by atomic mass is 16.2. The van der Waals surface area contributed by atoms with Crippen LogP contribution in [-0.4, -0.2) is 24.2 Å². The Morgan fingerprint density at radius 3 is 2.04 bits per heavy atom. The second-order valence-electron chi connectivity index (χ2n) is 8.72. The third-order valence-electron chi connectivity index (χ3n) is 6.38. The van der Waals surface area contributed by atoms with Crippen LogP contribution in [0.3, 0.4) is 0 Å². The van der Waals surface area contributed by atoms with Crippen molar-refractivity contribution in [1.29, 1.82) is 0 Å². The summed E-state index contributed by atoms with van der Waals surface area (Å²) in [6, 6.07) is 5.87. The number of carbonyl (C=O) groups excluding carboxylic acids is 1. The van der Waals surface area contributed by atoms with Crippen molar-refractivity contribution in [1.82, 2.24) is 10.3 Å². The van der Waals surface area contributed by atoms with Crippen molar-refractivity contribution < 1.29 is 4.79 Å². The molecule has 2 aliphatic carbocycles. The average molecular weight is 366 g/mol. The summed E-state index contributed by atoms with van der Waals surface area (Å²) in [5.41, 5.74) is 1.00. The Bertz CT molecular complexity index is 586. The van der Waals surface area contributed by atoms with E-state index in [1.165, 1.54) is 70.6 Å². The quantitative estimate of drug-likeness (QED) is 0.704. The number of hydrogen-bond donors (Lipinski definition) is 1. The van der Waals surface area contributed by atoms with Gasteiger partial charge in [0.05, 0.1) is 0 Å². The molecule has 1 amide bonds. The SMILES string of the molecule is [B]C1(NC(=O)c2cccc(C3CCCC3)n2)CCCCCCCCCCC1. The molecule has 146 valence electrons. The zero-order valence-corrected chi connectivity index (χ0v) is 16.8. The summed E-state index contributed by atoms with van der Waals surface area (Å²) in [5.74, 6) is 0.412. The first-order valence-electron chi connectivity index (χ1n) is 11.2. The highest BCUT2D eigenvalue weighted by molar-refractivity contribution is 6.17. The molecule has 0 saturated heterocycles. The molecule has 1 N–H and O–H groups in total. The molecule has 3 nitrogen and oxygen atoms in total. The molecule has 4 heteroatoms. The van der Waals surface area contributed by atoms with E-state index in [2.05, 4.69) is 16.4 Å². The molecule has 0 unspecified atom stereocenters. The van der Waals surface area contributed by atoms with E-state index in [1.807, 2.05) is 12.1 Å². The van der Waals surface area contributed by atoms with Crippen molar-refractivity contribution in [2.45, 2.75) is 108 Å². The lowest BCUT2D eigenvalue weighted by Gasteiger charge is -2.32. The second kappa shape index (κ2) is 10.3. The van der Waals surface area contributed by atoms with E-state index >= 15 is 0 Å². The zero-order chi connectivity index (χ0) is 19.0. The van der Waals surface area contributed by atoms with Crippen LogP contribution in [0.5, 0.6) is 0 Å². The molecule has 1 aromatic rings. The third kappa shape index (κ3) is 6.36. The van der Waals surface area contributed by atoms with E-state index in [9.17, 15) is 4.79 Å². The smallest absolute Gasteiger partial charge is 0.269 e. The van der Waals surface area contributed by atoms with Gasteiger partial charge in [-0.1, -0.05) is 76.7 Å². The summed E-state index contributed by atoms with van der Waals surface area (Å²) >= 11 is 0. The predicted molar refractivity (Wildman–Crippen MR) is 112 cm³/mol. The Labute approximate surface area is 166 Å². The maximum atomic E-state index is 12.9. The molecule has 0 aromatic carbocycles. The fourth-order valence-corrected chi connectivity index (χ4v) is 4.69. The first kappa shape index (κ1) is 20.4. The summed E-state index contributed by atoms with van der Waals surface area (Å²) in [6.07, 6.45) is 17.9. The molecule has 27 heavy (non-hydrogen) atoms. The summed E-state index contributed by atoms with van der Waals surface area (Å²) in [4.78, 5) is 17.6. The van der Waals surface area contributed by atoms with Gasteiger partial charge >= 0.3 is 0 Å². The number of pyridine rings is 1. The number of hydrogen-bond acceptors (Lipinski definition) is 2. The van der Waals surface area contributed by atoms with E-state index in [4.69, 9.17) is 7.85 Å². The minimum absolute atomic E-state index is 0.107. The van der Waals surface area contributed by atoms with Crippen LogP contribution in [0.15, 0.2) is 18.2 Å². The van der Waals surface area contributed by atoms with Gasteiger partial charge in [0.2, 0.25) is 0 Å². The Balaban J connectivity index is 1.63. The Hall–Kier alpha value is -1.32. The molecule has 0 bridgehead atoms. The minimum atomic E-state index is -0.596. The molecular formula is C23H35BN2O. The van der Waals surface area contributed by atoms with Crippen LogP contribution >= 0.6 is 0 Å². The van der Waals surface area contributed by atoms with Gasteiger partial charge in [-0.15, -0.1) is 0 Å². The van der Waals surface area contributed by atoms with Crippen molar-refractivity contribution in [3.05, 3.63) is 29.6 Å². The van der Waals surface area contributed by atoms with Gasteiger partial charge in [-0.25, -0.2) is 4.98 Å². The Morgan fingerprint density at radius 1 is 0.889 bits per heavy atom. The van der Waals surface area contributed by atoms with Crippen LogP contribution in [0, 0.1) is 0 Å². The number of amides is 1. The molecule has 2 fully saturated rings. The average Bonchev–Trinajstić information content (AvgIpc) is 3.20. The molecule has 0 atom stereocenters. The molecule has 3 rings (SSSR count). The van der Waals surface area contributed by atoms with Gasteiger partial charge in [-0.3, -0.25) is 4.79 Å². The lowest BCUT2D eigenvalue weighted by atomic mass is 9.70. The van der Waals surface area contributed by atoms with Gasteiger partial charge in [-0.2, -0.15) is 0 Å². The summed E-state index contributed by atoms with van der Waals surface area (Å²) < 4.78 is 0. The highest BCUT2D eigenvalue weighted by Gasteiger charge is 2.27. The lowest BCUT2D eigenvalue weighted by Crippen LogP contribution is -2.49. The lowest BCUT2D eigenvalue weighted by molar-refractivity contribution is 0.0913. The number of rotatable bonds is 3. The predicted octanol–water partition coefficient (Wildman–Crippen LogP) is 5.64. The second-order valence-corrected chi connectivity index (χ2v) is 8.72. The van der Waals surface area contributed by atoms with Gasteiger partial charge in [0.15, 0.2) is 0 Å². The first-order chi connectivity index (χ1) is 13.2. The normalized spacial score (nSPS) is 22.5. The largest absolute Gasteiger partial charge is 0.354 e. The van der Waals surface area contributed by atoms with E-state index < -0.39 is 5.44 Å². The van der Waals surface area contributed by atoms with Gasteiger partial charge in [0, 0.05) is 17.1 Å². The van der Waals surface area contributed by atoms with Crippen molar-refractivity contribution in [3.63, 3.8) is 0 Å². The zero-order valence-electron chi connectivity index (χ0n) is 16.8. The minimum Gasteiger partial charge on any atom is -0.354 e. The monoisotopic (exact) mass is 366 g/mol. The van der Waals surface area contributed by atoms with Crippen molar-refractivity contribution >= 4 is 13.8 Å². The number of carbonyl (C=O) groups is 1. The van der Waals surface area contributed by atoms with E-state index in [0.29, 0.717) is 11.6 Å². The van der Waals surface area contributed by atoms with Crippen LogP contribution in [0.2, 0.25) is 0 Å². The molecule has 1 aromatic heterocycles. The molecule has 2 aliphatic rings. The molecule has 0 aliphatic heterocycles. The van der Waals surface area contributed by atoms with Gasteiger partial charge in [-0.05, 0) is 37.8 Å². The Kier molecular flexibility index (Phi) is 7.78. The molecule has 2 saturated carbocycles. The fraction of sp³-hybridized carbons (Fsp3) is 0.739. The van der Waals surface area contributed by atoms with Gasteiger partial charge < -0.3 is 5.32 Å². The topological polar surface area (TPSA) is 42.0 Å². The number of nitrogens with zero attached hydrogens (tertiary/aromatic N) is 1. The molecule has 1 heterocycles. The van der Waals surface area contributed by atoms with Crippen LogP contribution in [0.4, 0.5) is 0 Å². The highest BCUT2D eigenvalue weighted by Crippen LogP contribution is 2.33. The summed E-state index contributed by atoms with van der Waals surface area (Å²) in [7, 11) is 6.68. The van der Waals surface area contributed by atoms with Gasteiger partial charge in [0.25, 0.3) is 5.91 Å². The van der Waals surface area contributed by atoms with Gasteiger partial charge in [0.1, 0.15) is 13.5 Å². The third-order valence-corrected chi connectivity index (χ3v) is 6.38. The van der Waals surface area contributed by atoms with Crippen molar-refractivity contribution in [3.8, 4) is 0 Å². The summed E-state index contributed by atoms with van der Waals surface area (Å²) in [6.45, 7) is 0. The van der Waals surface area contributed by atoms with E-state index in [1.54, 1.807) is 0 Å². The van der Waals surface area contributed by atoms with Crippen molar-refractivity contribution in [2.75, 3.05) is 0 Å². The van der Waals surface area contributed by atoms with E-state index in [-0.39, 0.29) is 5.91 Å². The summed E-state index contributed by atoms with van der Waals surface area (Å²) in [5, 5.41) is 3.16. The molecule has 2 radical (unpaired) electrons. The standard InChI is InChI=1S/C23H35BN2O/c24-23(17-10-6-4-2-1-3-5-7-11-18-23)26-22(27)21-16-12-15-20(25-21)19-13-8-9-14-19/h12,15-16,19H,1-11,13-14,17-18H2,(H,26,27). The first-order valence-corrected chi connectivity index (χ1v) is 11.2. The van der Waals surface area contributed by atoms with Crippen LogP contribution in [0.1, 0.15) is 118 Å². The van der Waals surface area contributed by atoms with Crippen molar-refractivity contribution in [2.24, 2.45) is 0 Å².